The zero-order chi connectivity index (χ0) is 16.9. The van der Waals surface area contributed by atoms with E-state index in [4.69, 9.17) is 0 Å². The van der Waals surface area contributed by atoms with E-state index in [0.717, 1.165) is 12.6 Å². The molecule has 2 fully saturated rings. The van der Waals surface area contributed by atoms with Gasteiger partial charge in [-0.1, -0.05) is 37.8 Å². The molecule has 0 heterocycles. The summed E-state index contributed by atoms with van der Waals surface area (Å²) < 4.78 is 27.0. The van der Waals surface area contributed by atoms with Gasteiger partial charge in [0.2, 0.25) is 5.91 Å². The quantitative estimate of drug-likeness (QED) is 0.617. The standard InChI is InChI=1S/C19H26F2N2O/c20-17-9-5-8-14(18(17)21)15-12-16(15)19(24)23-11-10-22-13-6-3-1-2-4-7-13/h5,8-9,13,15-16,22H,1-4,6-7,10-12H2,(H,23,24). The van der Waals surface area contributed by atoms with Crippen molar-refractivity contribution < 1.29 is 13.6 Å². The number of carbonyl (C=O) groups is 1. The Bertz CT molecular complexity index is 570. The Labute approximate surface area is 142 Å². The third kappa shape index (κ3) is 4.32. The van der Waals surface area contributed by atoms with E-state index in [1.807, 2.05) is 0 Å². The highest BCUT2D eigenvalue weighted by Gasteiger charge is 2.45. The van der Waals surface area contributed by atoms with Gasteiger partial charge in [-0.3, -0.25) is 4.79 Å². The Kier molecular flexibility index (Phi) is 5.82. The largest absolute Gasteiger partial charge is 0.355 e. The van der Waals surface area contributed by atoms with E-state index in [9.17, 15) is 13.6 Å². The summed E-state index contributed by atoms with van der Waals surface area (Å²) in [4.78, 5) is 12.1. The molecule has 2 saturated carbocycles. The Hall–Kier alpha value is -1.49. The van der Waals surface area contributed by atoms with Gasteiger partial charge in [-0.15, -0.1) is 0 Å². The van der Waals surface area contributed by atoms with E-state index in [2.05, 4.69) is 10.6 Å². The molecule has 3 nitrogen and oxygen atoms in total. The molecule has 1 aromatic carbocycles. The molecular formula is C19H26F2N2O. The van der Waals surface area contributed by atoms with Crippen LogP contribution in [0.2, 0.25) is 0 Å². The zero-order valence-electron chi connectivity index (χ0n) is 14.0. The second-order valence-electron chi connectivity index (χ2n) is 7.03. The summed E-state index contributed by atoms with van der Waals surface area (Å²) in [7, 11) is 0. The van der Waals surface area contributed by atoms with Crippen molar-refractivity contribution in [3.8, 4) is 0 Å². The first kappa shape index (κ1) is 17.3. The number of nitrogens with one attached hydrogen (secondary N) is 2. The van der Waals surface area contributed by atoms with Crippen molar-refractivity contribution in [2.75, 3.05) is 13.1 Å². The molecule has 2 aliphatic rings. The fourth-order valence-electron chi connectivity index (χ4n) is 3.71. The molecule has 2 N–H and O–H groups in total. The lowest BCUT2D eigenvalue weighted by Crippen LogP contribution is -2.37. The van der Waals surface area contributed by atoms with Crippen LogP contribution in [0.15, 0.2) is 18.2 Å². The van der Waals surface area contributed by atoms with Crippen LogP contribution in [0.1, 0.15) is 56.4 Å². The summed E-state index contributed by atoms with van der Waals surface area (Å²) in [6.07, 6.45) is 8.26. The Morgan fingerprint density at radius 3 is 2.58 bits per heavy atom. The van der Waals surface area contributed by atoms with Gasteiger partial charge in [-0.2, -0.15) is 0 Å². The van der Waals surface area contributed by atoms with Crippen LogP contribution in [0.5, 0.6) is 0 Å². The fourth-order valence-corrected chi connectivity index (χ4v) is 3.71. The smallest absolute Gasteiger partial charge is 0.223 e. The van der Waals surface area contributed by atoms with Gasteiger partial charge in [0.05, 0.1) is 0 Å². The van der Waals surface area contributed by atoms with Crippen LogP contribution in [0.3, 0.4) is 0 Å². The van der Waals surface area contributed by atoms with E-state index < -0.39 is 11.6 Å². The van der Waals surface area contributed by atoms with Gasteiger partial charge in [0.25, 0.3) is 0 Å². The lowest BCUT2D eigenvalue weighted by molar-refractivity contribution is -0.122. The Morgan fingerprint density at radius 2 is 1.83 bits per heavy atom. The topological polar surface area (TPSA) is 41.1 Å². The molecule has 0 aromatic heterocycles. The predicted octanol–water partition coefficient (Wildman–Crippen LogP) is 3.50. The number of amides is 1. The Balaban J connectivity index is 1.38. The lowest BCUT2D eigenvalue weighted by atomic mass is 10.1. The summed E-state index contributed by atoms with van der Waals surface area (Å²) >= 11 is 0. The fraction of sp³-hybridized carbons (Fsp3) is 0.632. The molecular weight excluding hydrogens is 310 g/mol. The number of hydrogen-bond acceptors (Lipinski definition) is 2. The van der Waals surface area contributed by atoms with Gasteiger partial charge in [-0.05, 0) is 36.8 Å². The third-order valence-corrected chi connectivity index (χ3v) is 5.22. The highest BCUT2D eigenvalue weighted by molar-refractivity contribution is 5.82. The summed E-state index contributed by atoms with van der Waals surface area (Å²) in [6.45, 7) is 1.35. The second-order valence-corrected chi connectivity index (χ2v) is 7.03. The van der Waals surface area contributed by atoms with E-state index in [1.165, 1.54) is 44.6 Å². The molecule has 1 aromatic rings. The molecule has 0 bridgehead atoms. The molecule has 0 saturated heterocycles. The van der Waals surface area contributed by atoms with E-state index in [0.29, 0.717) is 24.6 Å². The molecule has 0 spiro atoms. The summed E-state index contributed by atoms with van der Waals surface area (Å²) in [6, 6.07) is 4.75. The van der Waals surface area contributed by atoms with Crippen molar-refractivity contribution in [1.82, 2.24) is 10.6 Å². The number of hydrogen-bond donors (Lipinski definition) is 2. The Morgan fingerprint density at radius 1 is 1.08 bits per heavy atom. The first-order valence-corrected chi connectivity index (χ1v) is 9.12. The number of rotatable bonds is 6. The second kappa shape index (κ2) is 8.06. The highest BCUT2D eigenvalue weighted by atomic mass is 19.2. The van der Waals surface area contributed by atoms with Crippen molar-refractivity contribution in [2.45, 2.75) is 56.9 Å². The van der Waals surface area contributed by atoms with Gasteiger partial charge in [-0.25, -0.2) is 8.78 Å². The van der Waals surface area contributed by atoms with E-state index >= 15 is 0 Å². The van der Waals surface area contributed by atoms with E-state index in [1.54, 1.807) is 6.07 Å². The van der Waals surface area contributed by atoms with Crippen LogP contribution in [-0.4, -0.2) is 25.0 Å². The molecule has 24 heavy (non-hydrogen) atoms. The predicted molar refractivity (Wildman–Crippen MR) is 89.7 cm³/mol. The summed E-state index contributed by atoms with van der Waals surface area (Å²) in [5.74, 6) is -2.11. The maximum absolute atomic E-state index is 13.8. The number of carbonyl (C=O) groups excluding carboxylic acids is 1. The first-order valence-electron chi connectivity index (χ1n) is 9.12. The van der Waals surface area contributed by atoms with Crippen LogP contribution in [0.4, 0.5) is 8.78 Å². The van der Waals surface area contributed by atoms with Crippen LogP contribution in [0, 0.1) is 17.6 Å². The average Bonchev–Trinajstić information content (AvgIpc) is 3.38. The van der Waals surface area contributed by atoms with Crippen LogP contribution in [0.25, 0.3) is 0 Å². The van der Waals surface area contributed by atoms with Crippen molar-refractivity contribution in [3.05, 3.63) is 35.4 Å². The van der Waals surface area contributed by atoms with Gasteiger partial charge < -0.3 is 10.6 Å². The molecule has 132 valence electrons. The maximum Gasteiger partial charge on any atom is 0.223 e. The van der Waals surface area contributed by atoms with Crippen molar-refractivity contribution >= 4 is 5.91 Å². The minimum Gasteiger partial charge on any atom is -0.355 e. The molecule has 2 unspecified atom stereocenters. The highest BCUT2D eigenvalue weighted by Crippen LogP contribution is 2.48. The lowest BCUT2D eigenvalue weighted by Gasteiger charge is -2.16. The van der Waals surface area contributed by atoms with Gasteiger partial charge in [0.1, 0.15) is 0 Å². The van der Waals surface area contributed by atoms with Crippen LogP contribution < -0.4 is 10.6 Å². The molecule has 2 atom stereocenters. The zero-order valence-corrected chi connectivity index (χ0v) is 14.0. The minimum atomic E-state index is -0.842. The maximum atomic E-state index is 13.8. The van der Waals surface area contributed by atoms with Gasteiger partial charge >= 0.3 is 0 Å². The average molecular weight is 336 g/mol. The van der Waals surface area contributed by atoms with Crippen LogP contribution >= 0.6 is 0 Å². The molecule has 0 radical (unpaired) electrons. The molecule has 1 amide bonds. The first-order chi connectivity index (χ1) is 11.7. The minimum absolute atomic E-state index is 0.0497. The molecule has 3 rings (SSSR count). The molecule has 2 aliphatic carbocycles. The van der Waals surface area contributed by atoms with Crippen molar-refractivity contribution in [2.24, 2.45) is 5.92 Å². The van der Waals surface area contributed by atoms with E-state index in [-0.39, 0.29) is 17.7 Å². The van der Waals surface area contributed by atoms with Gasteiger partial charge in [0.15, 0.2) is 11.6 Å². The molecule has 0 aliphatic heterocycles. The van der Waals surface area contributed by atoms with Crippen LogP contribution in [-0.2, 0) is 4.79 Å². The number of benzene rings is 1. The van der Waals surface area contributed by atoms with Crippen molar-refractivity contribution in [3.63, 3.8) is 0 Å². The third-order valence-electron chi connectivity index (χ3n) is 5.22. The molecule has 5 heteroatoms. The summed E-state index contributed by atoms with van der Waals surface area (Å²) in [5.41, 5.74) is 0.326. The SMILES string of the molecule is O=C(NCCNC1CCCCCC1)C1CC1c1cccc(F)c1F. The summed E-state index contributed by atoms with van der Waals surface area (Å²) in [5, 5.41) is 6.43. The monoisotopic (exact) mass is 336 g/mol. The van der Waals surface area contributed by atoms with Gasteiger partial charge in [0, 0.05) is 25.0 Å². The normalized spacial score (nSPS) is 24.4. The number of halogens is 2. The van der Waals surface area contributed by atoms with Crippen molar-refractivity contribution in [1.29, 1.82) is 0 Å².